The summed E-state index contributed by atoms with van der Waals surface area (Å²) < 4.78 is 11.9. The van der Waals surface area contributed by atoms with E-state index in [0.29, 0.717) is 51.4 Å². The summed E-state index contributed by atoms with van der Waals surface area (Å²) in [5.41, 5.74) is 2.88. The Kier molecular flexibility index (Phi) is 9.51. The number of ether oxygens (including phenoxy) is 2. The Labute approximate surface area is 252 Å². The SMILES string of the molecule is COc1cc(NC(=O)c2ccccc2Cl)ccc1C(=O)N1c2ccc(Cl)cc2CCCC1OCCSc1ncc[nH]1. The van der Waals surface area contributed by atoms with E-state index < -0.39 is 6.23 Å². The first-order valence-electron chi connectivity index (χ1n) is 13.0. The number of thioether (sulfide) groups is 1. The number of H-pyrrole nitrogens is 1. The summed E-state index contributed by atoms with van der Waals surface area (Å²) >= 11 is 14.0. The third-order valence-electron chi connectivity index (χ3n) is 6.62. The molecule has 1 atom stereocenters. The Morgan fingerprint density at radius 2 is 1.98 bits per heavy atom. The lowest BCUT2D eigenvalue weighted by Gasteiger charge is -2.32. The highest BCUT2D eigenvalue weighted by molar-refractivity contribution is 7.99. The third-order valence-corrected chi connectivity index (χ3v) is 8.05. The van der Waals surface area contributed by atoms with Gasteiger partial charge in [-0.25, -0.2) is 4.98 Å². The average molecular weight is 612 g/mol. The largest absolute Gasteiger partial charge is 0.496 e. The molecule has 1 aromatic heterocycles. The highest BCUT2D eigenvalue weighted by Crippen LogP contribution is 2.35. The van der Waals surface area contributed by atoms with Crippen LogP contribution in [0.1, 0.15) is 39.1 Å². The molecule has 1 aliphatic rings. The van der Waals surface area contributed by atoms with Crippen molar-refractivity contribution in [2.75, 3.05) is 29.7 Å². The number of fused-ring (bicyclic) bond motifs is 1. The number of nitrogens with zero attached hydrogens (tertiary/aromatic N) is 2. The number of carbonyl (C=O) groups is 2. The van der Waals surface area contributed by atoms with Crippen molar-refractivity contribution in [3.05, 3.63) is 99.8 Å². The van der Waals surface area contributed by atoms with Gasteiger partial charge in [0.25, 0.3) is 11.8 Å². The van der Waals surface area contributed by atoms with E-state index in [1.165, 1.54) is 7.11 Å². The van der Waals surface area contributed by atoms with Crippen molar-refractivity contribution in [1.29, 1.82) is 0 Å². The van der Waals surface area contributed by atoms with E-state index in [1.54, 1.807) is 77.6 Å². The number of hydrogen-bond donors (Lipinski definition) is 2. The number of hydrogen-bond acceptors (Lipinski definition) is 6. The molecule has 5 rings (SSSR count). The topological polar surface area (TPSA) is 96.6 Å². The number of imidazole rings is 1. The molecule has 11 heteroatoms. The molecular formula is C30H28Cl2N4O4S. The molecule has 0 radical (unpaired) electrons. The van der Waals surface area contributed by atoms with Gasteiger partial charge in [0.1, 0.15) is 12.0 Å². The lowest BCUT2D eigenvalue weighted by atomic mass is 10.1. The maximum Gasteiger partial charge on any atom is 0.264 e. The molecule has 2 amide bonds. The van der Waals surface area contributed by atoms with Gasteiger partial charge in [-0.15, -0.1) is 0 Å². The lowest BCUT2D eigenvalue weighted by Crippen LogP contribution is -2.42. The quantitative estimate of drug-likeness (QED) is 0.155. The Balaban J connectivity index is 1.40. The number of carbonyl (C=O) groups excluding carboxylic acids is 2. The fourth-order valence-corrected chi connectivity index (χ4v) is 5.79. The number of benzene rings is 3. The number of anilines is 2. The Hall–Kier alpha value is -3.50. The zero-order valence-corrected chi connectivity index (χ0v) is 24.6. The van der Waals surface area contributed by atoms with E-state index in [-0.39, 0.29) is 11.8 Å². The van der Waals surface area contributed by atoms with Crippen molar-refractivity contribution in [3.8, 4) is 5.75 Å². The predicted molar refractivity (Wildman–Crippen MR) is 163 cm³/mol. The molecule has 0 saturated carbocycles. The summed E-state index contributed by atoms with van der Waals surface area (Å²) in [6.07, 6.45) is 5.24. The van der Waals surface area contributed by atoms with Crippen molar-refractivity contribution in [2.24, 2.45) is 0 Å². The molecule has 1 unspecified atom stereocenters. The van der Waals surface area contributed by atoms with Crippen LogP contribution in [0.4, 0.5) is 11.4 Å². The van der Waals surface area contributed by atoms with Crippen molar-refractivity contribution >= 4 is 58.2 Å². The van der Waals surface area contributed by atoms with Crippen LogP contribution in [-0.2, 0) is 11.2 Å². The van der Waals surface area contributed by atoms with Gasteiger partial charge in [-0.2, -0.15) is 0 Å². The molecule has 41 heavy (non-hydrogen) atoms. The van der Waals surface area contributed by atoms with Crippen LogP contribution in [0, 0.1) is 0 Å². The van der Waals surface area contributed by atoms with Gasteiger partial charge < -0.3 is 19.8 Å². The van der Waals surface area contributed by atoms with E-state index in [1.807, 2.05) is 12.1 Å². The second kappa shape index (κ2) is 13.4. The third kappa shape index (κ3) is 6.87. The van der Waals surface area contributed by atoms with Crippen LogP contribution in [0.25, 0.3) is 0 Å². The van der Waals surface area contributed by atoms with E-state index >= 15 is 0 Å². The van der Waals surface area contributed by atoms with Crippen molar-refractivity contribution in [1.82, 2.24) is 9.97 Å². The summed E-state index contributed by atoms with van der Waals surface area (Å²) in [6, 6.07) is 17.3. The molecule has 8 nitrogen and oxygen atoms in total. The fraction of sp³-hybridized carbons (Fsp3) is 0.233. The minimum absolute atomic E-state index is 0.278. The van der Waals surface area contributed by atoms with Gasteiger partial charge in [0, 0.05) is 40.6 Å². The minimum Gasteiger partial charge on any atom is -0.496 e. The van der Waals surface area contributed by atoms with Crippen LogP contribution < -0.4 is 15.0 Å². The zero-order valence-electron chi connectivity index (χ0n) is 22.2. The van der Waals surface area contributed by atoms with E-state index in [9.17, 15) is 9.59 Å². The summed E-state index contributed by atoms with van der Waals surface area (Å²) in [5, 5.41) is 4.60. The number of aromatic nitrogens is 2. The Morgan fingerprint density at radius 3 is 2.76 bits per heavy atom. The first kappa shape index (κ1) is 29.0. The molecule has 3 aromatic carbocycles. The second-order valence-corrected chi connectivity index (χ2v) is 11.2. The summed E-state index contributed by atoms with van der Waals surface area (Å²) in [6.45, 7) is 0.423. The maximum absolute atomic E-state index is 14.2. The van der Waals surface area contributed by atoms with Crippen LogP contribution in [0.5, 0.6) is 5.75 Å². The average Bonchev–Trinajstić information content (AvgIpc) is 3.43. The molecule has 1 aliphatic heterocycles. The van der Waals surface area contributed by atoms with E-state index in [0.717, 1.165) is 29.2 Å². The van der Waals surface area contributed by atoms with Gasteiger partial charge in [0.05, 0.1) is 29.9 Å². The molecule has 0 aliphatic carbocycles. The molecule has 0 spiro atoms. The second-order valence-electron chi connectivity index (χ2n) is 9.26. The maximum atomic E-state index is 14.2. The van der Waals surface area contributed by atoms with Crippen LogP contribution in [0.15, 0.2) is 78.2 Å². The van der Waals surface area contributed by atoms with Crippen LogP contribution in [-0.4, -0.2) is 47.5 Å². The number of halogens is 2. The Bertz CT molecular complexity index is 1530. The summed E-state index contributed by atoms with van der Waals surface area (Å²) in [4.78, 5) is 36.0. The number of rotatable bonds is 9. The first-order valence-corrected chi connectivity index (χ1v) is 14.8. The van der Waals surface area contributed by atoms with Gasteiger partial charge in [-0.1, -0.05) is 47.1 Å². The van der Waals surface area contributed by atoms with Crippen LogP contribution in [0.3, 0.4) is 0 Å². The van der Waals surface area contributed by atoms with E-state index in [2.05, 4.69) is 15.3 Å². The van der Waals surface area contributed by atoms with Crippen LogP contribution in [0.2, 0.25) is 10.0 Å². The van der Waals surface area contributed by atoms with Crippen molar-refractivity contribution in [2.45, 2.75) is 30.6 Å². The standard InChI is InChI=1S/C30H28Cl2N4O4S/c1-39-26-18-21(35-28(37)22-6-2-3-7-24(22)32)10-11-23(26)29(38)36-25-12-9-20(31)17-19(25)5-4-8-27(36)40-15-16-41-30-33-13-14-34-30/h2-3,6-7,9-14,17-18,27H,4-5,8,15-16H2,1H3,(H,33,34)(H,35,37). The number of aromatic amines is 1. The first-order chi connectivity index (χ1) is 19.9. The zero-order chi connectivity index (χ0) is 28.8. The van der Waals surface area contributed by atoms with Gasteiger partial charge in [-0.3, -0.25) is 14.5 Å². The van der Waals surface area contributed by atoms with Crippen molar-refractivity contribution < 1.29 is 19.1 Å². The smallest absolute Gasteiger partial charge is 0.264 e. The van der Waals surface area contributed by atoms with E-state index in [4.69, 9.17) is 32.7 Å². The molecule has 212 valence electrons. The highest BCUT2D eigenvalue weighted by atomic mass is 35.5. The van der Waals surface area contributed by atoms with Gasteiger partial charge in [0.15, 0.2) is 5.16 Å². The van der Waals surface area contributed by atoms with Crippen molar-refractivity contribution in [3.63, 3.8) is 0 Å². The normalized spacial score (nSPS) is 14.7. The summed E-state index contributed by atoms with van der Waals surface area (Å²) in [7, 11) is 1.49. The molecule has 2 heterocycles. The molecule has 2 N–H and O–H groups in total. The monoisotopic (exact) mass is 610 g/mol. The molecule has 0 saturated heterocycles. The number of amides is 2. The Morgan fingerprint density at radius 1 is 1.12 bits per heavy atom. The number of nitrogens with one attached hydrogen (secondary N) is 2. The molecule has 0 bridgehead atoms. The predicted octanol–water partition coefficient (Wildman–Crippen LogP) is 7.10. The summed E-state index contributed by atoms with van der Waals surface area (Å²) in [5.74, 6) is 0.345. The van der Waals surface area contributed by atoms with Gasteiger partial charge in [-0.05, 0) is 67.3 Å². The van der Waals surface area contributed by atoms with Crippen LogP contribution >= 0.6 is 35.0 Å². The fourth-order valence-electron chi connectivity index (χ4n) is 4.71. The van der Waals surface area contributed by atoms with Gasteiger partial charge >= 0.3 is 0 Å². The highest BCUT2D eigenvalue weighted by Gasteiger charge is 2.32. The number of methoxy groups -OCH3 is 1. The lowest BCUT2D eigenvalue weighted by molar-refractivity contribution is 0.0497. The molecular weight excluding hydrogens is 583 g/mol. The number of aryl methyl sites for hydroxylation is 1. The minimum atomic E-state index is -0.494. The molecule has 4 aromatic rings. The molecule has 0 fully saturated rings. The van der Waals surface area contributed by atoms with Gasteiger partial charge in [0.2, 0.25) is 0 Å².